The zero-order chi connectivity index (χ0) is 23.0. The Labute approximate surface area is 190 Å². The minimum atomic E-state index is -0.503. The van der Waals surface area contributed by atoms with Crippen LogP contribution in [0.1, 0.15) is 39.6 Å². The number of aromatic amines is 1. The first kappa shape index (κ1) is 22.0. The number of carbonyl (C=O) groups is 1. The molecule has 1 aromatic heterocycles. The zero-order valence-electron chi connectivity index (χ0n) is 18.0. The maximum absolute atomic E-state index is 13.3. The molecule has 1 aliphatic rings. The van der Waals surface area contributed by atoms with Gasteiger partial charge in [0.1, 0.15) is 17.1 Å². The molecule has 0 unspecified atom stereocenters. The lowest BCUT2D eigenvalue weighted by atomic mass is 9.95. The van der Waals surface area contributed by atoms with Crippen molar-refractivity contribution >= 4 is 17.5 Å². The van der Waals surface area contributed by atoms with Crippen molar-refractivity contribution in [1.82, 2.24) is 15.1 Å². The molecule has 1 aliphatic heterocycles. The molecule has 2 aromatic carbocycles. The standard InChI is InChI=1S/C23H24ClN3O5/c1-12-9-17(29)14(11-15(12)24)20-19-21(26-25-20)23(30)27(7-4-8-31-2)22(19)13-5-6-16(28)18(10-13)32-3/h5-6,9-11,22,28-29H,4,7-8H2,1-3H3,(H,25,26)/t22-/m0/s1. The molecule has 0 spiro atoms. The summed E-state index contributed by atoms with van der Waals surface area (Å²) in [7, 11) is 3.08. The Morgan fingerprint density at radius 2 is 1.97 bits per heavy atom. The Kier molecular flexibility index (Phi) is 5.99. The summed E-state index contributed by atoms with van der Waals surface area (Å²) in [6.07, 6.45) is 0.641. The van der Waals surface area contributed by atoms with Gasteiger partial charge in [-0.2, -0.15) is 5.10 Å². The van der Waals surface area contributed by atoms with Gasteiger partial charge in [0, 0.05) is 36.4 Å². The van der Waals surface area contributed by atoms with Crippen molar-refractivity contribution < 1.29 is 24.5 Å². The highest BCUT2D eigenvalue weighted by Crippen LogP contribution is 2.46. The first-order valence-electron chi connectivity index (χ1n) is 10.1. The lowest BCUT2D eigenvalue weighted by molar-refractivity contribution is 0.0723. The molecule has 3 N–H and O–H groups in total. The van der Waals surface area contributed by atoms with Gasteiger partial charge in [-0.05, 0) is 48.7 Å². The fraction of sp³-hybridized carbons (Fsp3) is 0.304. The first-order chi connectivity index (χ1) is 15.4. The maximum atomic E-state index is 13.3. The highest BCUT2D eigenvalue weighted by molar-refractivity contribution is 6.31. The molecule has 0 fully saturated rings. The van der Waals surface area contributed by atoms with Crippen molar-refractivity contribution in [3.63, 3.8) is 0 Å². The predicted molar refractivity (Wildman–Crippen MR) is 119 cm³/mol. The monoisotopic (exact) mass is 457 g/mol. The number of aryl methyl sites for hydroxylation is 1. The number of aromatic nitrogens is 2. The molecule has 0 bridgehead atoms. The normalized spacial score (nSPS) is 15.3. The maximum Gasteiger partial charge on any atom is 0.273 e. The van der Waals surface area contributed by atoms with Crippen LogP contribution < -0.4 is 4.74 Å². The predicted octanol–water partition coefficient (Wildman–Crippen LogP) is 4.04. The Morgan fingerprint density at radius 1 is 1.19 bits per heavy atom. The molecule has 1 amide bonds. The van der Waals surface area contributed by atoms with Crippen LogP contribution in [0.5, 0.6) is 17.2 Å². The molecular formula is C23H24ClN3O5. The van der Waals surface area contributed by atoms with Crippen molar-refractivity contribution in [2.75, 3.05) is 27.4 Å². The summed E-state index contributed by atoms with van der Waals surface area (Å²) in [6.45, 7) is 2.75. The summed E-state index contributed by atoms with van der Waals surface area (Å²) >= 11 is 6.32. The second-order valence-electron chi connectivity index (χ2n) is 7.66. The van der Waals surface area contributed by atoms with Gasteiger partial charge in [0.25, 0.3) is 5.91 Å². The van der Waals surface area contributed by atoms with Crippen molar-refractivity contribution in [3.8, 4) is 28.5 Å². The van der Waals surface area contributed by atoms with E-state index in [0.29, 0.717) is 52.9 Å². The largest absolute Gasteiger partial charge is 0.507 e. The molecule has 168 valence electrons. The minimum absolute atomic E-state index is 0.00195. The average molecular weight is 458 g/mol. The van der Waals surface area contributed by atoms with E-state index in [-0.39, 0.29) is 17.4 Å². The Bertz CT molecular complexity index is 1180. The van der Waals surface area contributed by atoms with Crippen LogP contribution in [0.3, 0.4) is 0 Å². The molecule has 0 saturated carbocycles. The number of amides is 1. The number of H-pyrrole nitrogens is 1. The second-order valence-corrected chi connectivity index (χ2v) is 8.07. The molecule has 0 saturated heterocycles. The van der Waals surface area contributed by atoms with Crippen LogP contribution >= 0.6 is 11.6 Å². The number of aromatic hydroxyl groups is 2. The van der Waals surface area contributed by atoms with Crippen LogP contribution in [0.25, 0.3) is 11.3 Å². The number of methoxy groups -OCH3 is 2. The van der Waals surface area contributed by atoms with Gasteiger partial charge in [0.05, 0.1) is 13.2 Å². The minimum Gasteiger partial charge on any atom is -0.507 e. The molecule has 4 rings (SSSR count). The van der Waals surface area contributed by atoms with E-state index in [4.69, 9.17) is 21.1 Å². The number of nitrogens with zero attached hydrogens (tertiary/aromatic N) is 2. The van der Waals surface area contributed by atoms with Crippen LogP contribution in [0.4, 0.5) is 0 Å². The summed E-state index contributed by atoms with van der Waals surface area (Å²) < 4.78 is 10.4. The van der Waals surface area contributed by atoms with E-state index in [2.05, 4.69) is 10.2 Å². The third-order valence-electron chi connectivity index (χ3n) is 5.66. The molecule has 0 aliphatic carbocycles. The third-order valence-corrected chi connectivity index (χ3v) is 6.07. The van der Waals surface area contributed by atoms with E-state index in [1.807, 2.05) is 0 Å². The zero-order valence-corrected chi connectivity index (χ0v) is 18.7. The van der Waals surface area contributed by atoms with Gasteiger partial charge in [-0.25, -0.2) is 0 Å². The third kappa shape index (κ3) is 3.65. The van der Waals surface area contributed by atoms with Gasteiger partial charge in [0.2, 0.25) is 0 Å². The molecule has 32 heavy (non-hydrogen) atoms. The number of ether oxygens (including phenoxy) is 2. The van der Waals surface area contributed by atoms with Crippen LogP contribution in [0, 0.1) is 6.92 Å². The number of carbonyl (C=O) groups excluding carboxylic acids is 1. The van der Waals surface area contributed by atoms with Gasteiger partial charge in [-0.15, -0.1) is 0 Å². The fourth-order valence-corrected chi connectivity index (χ4v) is 4.24. The van der Waals surface area contributed by atoms with Crippen molar-refractivity contribution in [2.24, 2.45) is 0 Å². The van der Waals surface area contributed by atoms with Crippen LogP contribution in [0.2, 0.25) is 5.02 Å². The van der Waals surface area contributed by atoms with E-state index in [0.717, 1.165) is 11.1 Å². The number of hydrogen-bond acceptors (Lipinski definition) is 6. The summed E-state index contributed by atoms with van der Waals surface area (Å²) in [5.74, 6) is 0.117. The number of fused-ring (bicyclic) bond motifs is 1. The topological polar surface area (TPSA) is 108 Å². The van der Waals surface area contributed by atoms with Crippen LogP contribution in [0.15, 0.2) is 30.3 Å². The average Bonchev–Trinajstić information content (AvgIpc) is 3.31. The molecule has 0 radical (unpaired) electrons. The van der Waals surface area contributed by atoms with Gasteiger partial charge < -0.3 is 24.6 Å². The van der Waals surface area contributed by atoms with E-state index < -0.39 is 6.04 Å². The number of nitrogens with one attached hydrogen (secondary N) is 1. The van der Waals surface area contributed by atoms with Crippen molar-refractivity contribution in [2.45, 2.75) is 19.4 Å². The Hall–Kier alpha value is -3.23. The molecule has 8 nitrogen and oxygen atoms in total. The number of hydrogen-bond donors (Lipinski definition) is 3. The highest BCUT2D eigenvalue weighted by atomic mass is 35.5. The Morgan fingerprint density at radius 3 is 2.69 bits per heavy atom. The lowest BCUT2D eigenvalue weighted by Gasteiger charge is -2.27. The highest BCUT2D eigenvalue weighted by Gasteiger charge is 2.42. The summed E-state index contributed by atoms with van der Waals surface area (Å²) in [6, 6.07) is 7.69. The second kappa shape index (κ2) is 8.72. The number of rotatable bonds is 7. The molecule has 9 heteroatoms. The smallest absolute Gasteiger partial charge is 0.273 e. The van der Waals surface area contributed by atoms with E-state index in [1.54, 1.807) is 43.2 Å². The SMILES string of the molecule is COCCCN1C(=O)c2[nH]nc(-c3cc(Cl)c(C)cc3O)c2[C@@H]1c1ccc(O)c(OC)c1. The summed E-state index contributed by atoms with van der Waals surface area (Å²) in [5, 5.41) is 28.4. The van der Waals surface area contributed by atoms with Gasteiger partial charge in [-0.1, -0.05) is 17.7 Å². The fourth-order valence-electron chi connectivity index (χ4n) is 4.08. The number of phenols is 2. The number of phenolic OH excluding ortho intramolecular Hbond substituents is 2. The van der Waals surface area contributed by atoms with E-state index in [1.165, 1.54) is 13.2 Å². The molecule has 3 aromatic rings. The lowest BCUT2D eigenvalue weighted by Crippen LogP contribution is -2.31. The molecule has 2 heterocycles. The van der Waals surface area contributed by atoms with Gasteiger partial charge in [-0.3, -0.25) is 9.89 Å². The van der Waals surface area contributed by atoms with Crippen LogP contribution in [-0.4, -0.2) is 58.6 Å². The van der Waals surface area contributed by atoms with Gasteiger partial charge >= 0.3 is 0 Å². The van der Waals surface area contributed by atoms with Crippen molar-refractivity contribution in [3.05, 3.63) is 57.7 Å². The van der Waals surface area contributed by atoms with Crippen LogP contribution in [-0.2, 0) is 4.74 Å². The quantitative estimate of drug-likeness (QED) is 0.462. The first-order valence-corrected chi connectivity index (χ1v) is 10.5. The Balaban J connectivity index is 1.88. The van der Waals surface area contributed by atoms with E-state index in [9.17, 15) is 15.0 Å². The van der Waals surface area contributed by atoms with Crippen molar-refractivity contribution in [1.29, 1.82) is 0 Å². The number of halogens is 1. The van der Waals surface area contributed by atoms with Gasteiger partial charge in [0.15, 0.2) is 11.5 Å². The number of benzene rings is 2. The molecular weight excluding hydrogens is 434 g/mol. The summed E-state index contributed by atoms with van der Waals surface area (Å²) in [5.41, 5.74) is 3.34. The van der Waals surface area contributed by atoms with E-state index >= 15 is 0 Å². The summed E-state index contributed by atoms with van der Waals surface area (Å²) in [4.78, 5) is 15.0. The molecule has 1 atom stereocenters.